The molecule has 0 saturated heterocycles. The third-order valence-electron chi connectivity index (χ3n) is 3.13. The lowest BCUT2D eigenvalue weighted by atomic mass is 10.1. The minimum atomic E-state index is -1.29. The monoisotopic (exact) mass is 306 g/mol. The fraction of sp³-hybridized carbons (Fsp3) is 0.214. The number of aromatic carboxylic acids is 1. The Hall–Kier alpha value is -2.25. The molecule has 2 rings (SSSR count). The molecule has 0 amide bonds. The van der Waals surface area contributed by atoms with Crippen LogP contribution in [0.2, 0.25) is 0 Å². The summed E-state index contributed by atoms with van der Waals surface area (Å²) in [7, 11) is 0. The van der Waals surface area contributed by atoms with Gasteiger partial charge in [0, 0.05) is 19.2 Å². The van der Waals surface area contributed by atoms with Crippen molar-refractivity contribution in [2.45, 2.75) is 20.0 Å². The molecule has 0 fully saturated rings. The molecule has 2 N–H and O–H groups in total. The molecule has 0 aliphatic carbocycles. The highest BCUT2D eigenvalue weighted by Crippen LogP contribution is 2.22. The first-order valence-electron chi connectivity index (χ1n) is 6.22. The van der Waals surface area contributed by atoms with Crippen LogP contribution in [0.3, 0.4) is 0 Å². The summed E-state index contributed by atoms with van der Waals surface area (Å²) in [6.45, 7) is 2.86. The minimum absolute atomic E-state index is 0.253. The first-order chi connectivity index (χ1) is 10.0. The van der Waals surface area contributed by atoms with E-state index < -0.39 is 10.9 Å². The summed E-state index contributed by atoms with van der Waals surface area (Å²) in [6, 6.07) is 4.29. The van der Waals surface area contributed by atoms with E-state index in [1.807, 2.05) is 17.7 Å². The van der Waals surface area contributed by atoms with Crippen LogP contribution in [0.25, 0.3) is 0 Å². The van der Waals surface area contributed by atoms with Crippen LogP contribution in [-0.4, -0.2) is 16.0 Å². The number of rotatable bonds is 6. The van der Waals surface area contributed by atoms with Gasteiger partial charge in [-0.15, -0.1) is 0 Å². The SMILES string of the molecule is Cc1cscc1CNCc1cccc([N+](=O)[O-])c1C(=O)O. The molecule has 0 bridgehead atoms. The molecule has 1 heterocycles. The van der Waals surface area contributed by atoms with Crippen LogP contribution in [0.4, 0.5) is 5.69 Å². The van der Waals surface area contributed by atoms with Crippen LogP contribution >= 0.6 is 11.3 Å². The molecule has 110 valence electrons. The molecule has 7 heteroatoms. The lowest BCUT2D eigenvalue weighted by Crippen LogP contribution is -2.16. The summed E-state index contributed by atoms with van der Waals surface area (Å²) in [6.07, 6.45) is 0. The van der Waals surface area contributed by atoms with Gasteiger partial charge in [0.15, 0.2) is 0 Å². The number of carbonyl (C=O) groups is 1. The van der Waals surface area contributed by atoms with E-state index in [2.05, 4.69) is 5.32 Å². The summed E-state index contributed by atoms with van der Waals surface area (Å²) in [5.74, 6) is -1.29. The standard InChI is InChI=1S/C14H14N2O4S/c1-9-7-21-8-11(9)6-15-5-10-3-2-4-12(16(19)20)13(10)14(17)18/h2-4,7-8,15H,5-6H2,1H3,(H,17,18). The van der Waals surface area contributed by atoms with Crippen molar-refractivity contribution in [2.24, 2.45) is 0 Å². The number of carboxylic acids is 1. The Morgan fingerprint density at radius 2 is 2.05 bits per heavy atom. The Balaban J connectivity index is 2.16. The van der Waals surface area contributed by atoms with Crippen LogP contribution in [0, 0.1) is 17.0 Å². The summed E-state index contributed by atoms with van der Waals surface area (Å²) < 4.78 is 0. The maximum absolute atomic E-state index is 11.3. The Morgan fingerprint density at radius 3 is 2.62 bits per heavy atom. The summed E-state index contributed by atoms with van der Waals surface area (Å²) in [4.78, 5) is 21.5. The Bertz CT molecular complexity index is 681. The Labute approximate surface area is 125 Å². The van der Waals surface area contributed by atoms with E-state index in [9.17, 15) is 20.0 Å². The van der Waals surface area contributed by atoms with Gasteiger partial charge >= 0.3 is 5.97 Å². The Kier molecular flexibility index (Phi) is 4.66. The highest BCUT2D eigenvalue weighted by atomic mass is 32.1. The van der Waals surface area contributed by atoms with Crippen LogP contribution in [0.5, 0.6) is 0 Å². The van der Waals surface area contributed by atoms with Crippen molar-refractivity contribution in [3.05, 3.63) is 61.3 Å². The average Bonchev–Trinajstić information content (AvgIpc) is 2.84. The number of aryl methyl sites for hydroxylation is 1. The van der Waals surface area contributed by atoms with Gasteiger partial charge in [-0.05, 0) is 34.4 Å². The maximum atomic E-state index is 11.3. The van der Waals surface area contributed by atoms with Gasteiger partial charge in [0.2, 0.25) is 0 Å². The van der Waals surface area contributed by atoms with Gasteiger partial charge in [-0.3, -0.25) is 10.1 Å². The lowest BCUT2D eigenvalue weighted by Gasteiger charge is -2.08. The molecule has 0 unspecified atom stereocenters. The molecule has 0 atom stereocenters. The predicted octanol–water partition coefficient (Wildman–Crippen LogP) is 2.95. The van der Waals surface area contributed by atoms with Crippen molar-refractivity contribution in [1.29, 1.82) is 0 Å². The van der Waals surface area contributed by atoms with Crippen molar-refractivity contribution in [3.63, 3.8) is 0 Å². The van der Waals surface area contributed by atoms with E-state index in [1.165, 1.54) is 17.7 Å². The van der Waals surface area contributed by atoms with E-state index in [0.717, 1.165) is 5.56 Å². The van der Waals surface area contributed by atoms with Gasteiger partial charge in [0.05, 0.1) is 4.92 Å². The summed E-state index contributed by atoms with van der Waals surface area (Å²) >= 11 is 1.60. The fourth-order valence-electron chi connectivity index (χ4n) is 2.03. The molecule has 6 nitrogen and oxygen atoms in total. The second-order valence-corrected chi connectivity index (χ2v) is 5.30. The van der Waals surface area contributed by atoms with Crippen LogP contribution in [0.15, 0.2) is 29.0 Å². The zero-order chi connectivity index (χ0) is 15.4. The number of nitrogens with zero attached hydrogens (tertiary/aromatic N) is 1. The van der Waals surface area contributed by atoms with Crippen molar-refractivity contribution >= 4 is 23.0 Å². The molecule has 0 saturated carbocycles. The molecule has 2 aromatic rings. The third-order valence-corrected chi connectivity index (χ3v) is 4.04. The smallest absolute Gasteiger partial charge is 0.343 e. The van der Waals surface area contributed by atoms with Gasteiger partial charge in [0.25, 0.3) is 5.69 Å². The molecule has 1 aromatic heterocycles. The van der Waals surface area contributed by atoms with Gasteiger partial charge in [-0.2, -0.15) is 11.3 Å². The molecule has 0 aliphatic rings. The van der Waals surface area contributed by atoms with E-state index in [-0.39, 0.29) is 17.8 Å². The molecule has 0 aliphatic heterocycles. The largest absolute Gasteiger partial charge is 0.477 e. The third kappa shape index (κ3) is 3.45. The predicted molar refractivity (Wildman–Crippen MR) is 79.7 cm³/mol. The average molecular weight is 306 g/mol. The van der Waals surface area contributed by atoms with Gasteiger partial charge in [-0.25, -0.2) is 4.79 Å². The second-order valence-electron chi connectivity index (χ2n) is 4.56. The van der Waals surface area contributed by atoms with E-state index in [4.69, 9.17) is 0 Å². The van der Waals surface area contributed by atoms with E-state index in [1.54, 1.807) is 17.4 Å². The zero-order valence-corrected chi connectivity index (χ0v) is 12.1. The van der Waals surface area contributed by atoms with Crippen molar-refractivity contribution in [3.8, 4) is 0 Å². The maximum Gasteiger partial charge on any atom is 0.343 e. The number of thiophene rings is 1. The molecule has 1 aromatic carbocycles. The topological polar surface area (TPSA) is 92.5 Å². The summed E-state index contributed by atoms with van der Waals surface area (Å²) in [5.41, 5.74) is 2.09. The molecule has 0 spiro atoms. The first-order valence-corrected chi connectivity index (χ1v) is 7.17. The second kappa shape index (κ2) is 6.47. The number of hydrogen-bond donors (Lipinski definition) is 2. The van der Waals surface area contributed by atoms with E-state index >= 15 is 0 Å². The van der Waals surface area contributed by atoms with Gasteiger partial charge in [0.1, 0.15) is 5.56 Å². The molecule has 21 heavy (non-hydrogen) atoms. The molecule has 0 radical (unpaired) electrons. The highest BCUT2D eigenvalue weighted by molar-refractivity contribution is 7.08. The van der Waals surface area contributed by atoms with Crippen molar-refractivity contribution in [2.75, 3.05) is 0 Å². The number of nitro groups is 1. The van der Waals surface area contributed by atoms with Crippen LogP contribution in [-0.2, 0) is 13.1 Å². The number of carboxylic acid groups (broad SMARTS) is 1. The lowest BCUT2D eigenvalue weighted by molar-refractivity contribution is -0.385. The fourth-order valence-corrected chi connectivity index (χ4v) is 2.89. The number of hydrogen-bond acceptors (Lipinski definition) is 5. The van der Waals surface area contributed by atoms with Crippen LogP contribution < -0.4 is 5.32 Å². The summed E-state index contributed by atoms with van der Waals surface area (Å²) in [5, 5.41) is 27.3. The van der Waals surface area contributed by atoms with Crippen LogP contribution in [0.1, 0.15) is 27.0 Å². The quantitative estimate of drug-likeness (QED) is 0.632. The normalized spacial score (nSPS) is 10.5. The molecular formula is C14H14N2O4S. The molecular weight excluding hydrogens is 292 g/mol. The number of benzene rings is 1. The number of nitrogens with one attached hydrogen (secondary N) is 1. The number of nitro benzene ring substituents is 1. The van der Waals surface area contributed by atoms with Gasteiger partial charge < -0.3 is 10.4 Å². The zero-order valence-electron chi connectivity index (χ0n) is 11.3. The minimum Gasteiger partial charge on any atom is -0.477 e. The van der Waals surface area contributed by atoms with E-state index in [0.29, 0.717) is 12.1 Å². The highest BCUT2D eigenvalue weighted by Gasteiger charge is 2.22. The van der Waals surface area contributed by atoms with Crippen molar-refractivity contribution in [1.82, 2.24) is 5.32 Å². The Morgan fingerprint density at radius 1 is 1.33 bits per heavy atom. The van der Waals surface area contributed by atoms with Gasteiger partial charge in [-0.1, -0.05) is 12.1 Å². The first kappa shape index (κ1) is 15.1. The van der Waals surface area contributed by atoms with Crippen molar-refractivity contribution < 1.29 is 14.8 Å².